The molecule has 5 rings (SSSR count). The lowest BCUT2D eigenvalue weighted by Crippen LogP contribution is -2.28. The van der Waals surface area contributed by atoms with E-state index in [1.54, 1.807) is 19.1 Å². The second kappa shape index (κ2) is 10.5. The van der Waals surface area contributed by atoms with Crippen LogP contribution in [-0.4, -0.2) is 41.6 Å². The Balaban J connectivity index is 0.000000221. The summed E-state index contributed by atoms with van der Waals surface area (Å²) in [6, 6.07) is 20.4. The minimum Gasteiger partial charge on any atom is -0.316 e. The molecular formula is C27H29N3O4S. The normalized spacial score (nSPS) is 15.9. The van der Waals surface area contributed by atoms with Crippen LogP contribution in [0.2, 0.25) is 0 Å². The lowest BCUT2D eigenvalue weighted by atomic mass is 9.92. The first kappa shape index (κ1) is 24.8. The maximum Gasteiger partial charge on any atom is 0.294 e. The molecule has 1 aliphatic rings. The third kappa shape index (κ3) is 6.03. The summed E-state index contributed by atoms with van der Waals surface area (Å²) in [5, 5.41) is 9.08. The van der Waals surface area contributed by atoms with Gasteiger partial charge in [-0.15, -0.1) is 0 Å². The first-order valence-electron chi connectivity index (χ1n) is 11.6. The van der Waals surface area contributed by atoms with Crippen molar-refractivity contribution in [2.75, 3.05) is 13.1 Å². The summed E-state index contributed by atoms with van der Waals surface area (Å²) in [5.41, 5.74) is 4.81. The second-order valence-electron chi connectivity index (χ2n) is 8.80. The predicted molar refractivity (Wildman–Crippen MR) is 137 cm³/mol. The van der Waals surface area contributed by atoms with Gasteiger partial charge in [-0.05, 0) is 75.0 Å². The number of fused-ring (bicyclic) bond motifs is 1. The van der Waals surface area contributed by atoms with Gasteiger partial charge in [-0.1, -0.05) is 42.0 Å². The minimum atomic E-state index is -4.02. The number of rotatable bonds is 4. The number of benzene rings is 3. The minimum absolute atomic E-state index is 0.0472. The Hall–Kier alpha value is -3.33. The van der Waals surface area contributed by atoms with Crippen LogP contribution in [0.4, 0.5) is 0 Å². The van der Waals surface area contributed by atoms with E-state index in [9.17, 15) is 13.2 Å². The number of hydrogen-bond donors (Lipinski definition) is 2. The molecule has 0 bridgehead atoms. The molecule has 1 fully saturated rings. The number of carbonyl (C=O) groups is 1. The van der Waals surface area contributed by atoms with Crippen molar-refractivity contribution < 1.29 is 17.8 Å². The Kier molecular flexibility index (Phi) is 7.45. The summed E-state index contributed by atoms with van der Waals surface area (Å²) >= 11 is 0. The standard InChI is InChI=1S/C20H21N3O.C7H8O3S/c1-14(24)19-6-2-4-17-13-23(22-20(17)19)18-9-7-15(8-10-18)16-5-3-11-21-12-16;1-6-2-4-7(5-3-6)11(8,9)10/h2,4,6-10,13,16,21H,3,5,11-12H2,1H3;2-5H,1H3,(H,8,9,10)/t16-;/m1./s1. The number of ketones is 1. The summed E-state index contributed by atoms with van der Waals surface area (Å²) < 4.78 is 31.4. The van der Waals surface area contributed by atoms with Gasteiger partial charge >= 0.3 is 0 Å². The molecule has 0 unspecified atom stereocenters. The Labute approximate surface area is 205 Å². The third-order valence-corrected chi connectivity index (χ3v) is 7.03. The zero-order chi connectivity index (χ0) is 25.0. The zero-order valence-corrected chi connectivity index (χ0v) is 20.6. The SMILES string of the molecule is CC(=O)c1cccc2cn(-c3ccc([C@@H]4CCCNC4)cc3)nc12.Cc1ccc(S(=O)(=O)O)cc1. The molecule has 7 nitrogen and oxygen atoms in total. The Morgan fingerprint density at radius 3 is 2.37 bits per heavy atom. The van der Waals surface area contributed by atoms with Gasteiger partial charge < -0.3 is 5.32 Å². The summed E-state index contributed by atoms with van der Waals surface area (Å²) in [4.78, 5) is 11.7. The van der Waals surface area contributed by atoms with Crippen LogP contribution in [0.5, 0.6) is 0 Å². The Morgan fingerprint density at radius 2 is 1.77 bits per heavy atom. The van der Waals surface area contributed by atoms with Crippen LogP contribution in [0.15, 0.2) is 77.8 Å². The number of carbonyl (C=O) groups excluding carboxylic acids is 1. The fourth-order valence-corrected chi connectivity index (χ4v) is 4.69. The molecule has 1 aliphatic heterocycles. The predicted octanol–water partition coefficient (Wildman–Crippen LogP) is 4.94. The highest BCUT2D eigenvalue weighted by atomic mass is 32.2. The van der Waals surface area contributed by atoms with Crippen LogP contribution in [0, 0.1) is 6.92 Å². The van der Waals surface area contributed by atoms with Gasteiger partial charge in [0.25, 0.3) is 10.1 Å². The second-order valence-corrected chi connectivity index (χ2v) is 10.2. The van der Waals surface area contributed by atoms with E-state index in [-0.39, 0.29) is 10.7 Å². The van der Waals surface area contributed by atoms with Crippen molar-refractivity contribution in [1.29, 1.82) is 0 Å². The quantitative estimate of drug-likeness (QED) is 0.310. The van der Waals surface area contributed by atoms with E-state index in [4.69, 9.17) is 4.55 Å². The van der Waals surface area contributed by atoms with Gasteiger partial charge in [0, 0.05) is 23.7 Å². The molecule has 0 saturated carbocycles. The molecule has 0 spiro atoms. The molecule has 2 heterocycles. The van der Waals surface area contributed by atoms with Gasteiger partial charge in [0.05, 0.1) is 10.6 Å². The van der Waals surface area contributed by atoms with E-state index in [0.717, 1.165) is 35.2 Å². The van der Waals surface area contributed by atoms with E-state index in [2.05, 4.69) is 34.7 Å². The molecule has 0 aliphatic carbocycles. The summed E-state index contributed by atoms with van der Waals surface area (Å²) in [6.07, 6.45) is 4.48. The molecule has 35 heavy (non-hydrogen) atoms. The molecule has 3 aromatic carbocycles. The van der Waals surface area contributed by atoms with Gasteiger partial charge in [0.2, 0.25) is 0 Å². The number of piperidine rings is 1. The number of aromatic nitrogens is 2. The van der Waals surface area contributed by atoms with Crippen molar-refractivity contribution in [3.8, 4) is 5.69 Å². The van der Waals surface area contributed by atoms with E-state index in [1.807, 2.05) is 36.0 Å². The zero-order valence-electron chi connectivity index (χ0n) is 19.8. The lowest BCUT2D eigenvalue weighted by molar-refractivity contribution is 0.101. The molecule has 4 aromatic rings. The third-order valence-electron chi connectivity index (χ3n) is 6.16. The number of Topliss-reactive ketones (excluding diaryl/α,β-unsaturated/α-hetero) is 1. The highest BCUT2D eigenvalue weighted by molar-refractivity contribution is 7.85. The number of aryl methyl sites for hydroxylation is 1. The monoisotopic (exact) mass is 491 g/mol. The van der Waals surface area contributed by atoms with Crippen molar-refractivity contribution >= 4 is 26.8 Å². The molecule has 0 radical (unpaired) electrons. The van der Waals surface area contributed by atoms with Crippen molar-refractivity contribution in [2.45, 2.75) is 37.5 Å². The number of nitrogens with zero attached hydrogens (tertiary/aromatic N) is 2. The average molecular weight is 492 g/mol. The maximum absolute atomic E-state index is 11.8. The van der Waals surface area contributed by atoms with Crippen LogP contribution in [0.3, 0.4) is 0 Å². The Morgan fingerprint density at radius 1 is 1.06 bits per heavy atom. The van der Waals surface area contributed by atoms with E-state index >= 15 is 0 Å². The number of hydrogen-bond acceptors (Lipinski definition) is 5. The first-order valence-corrected chi connectivity index (χ1v) is 13.0. The molecule has 1 atom stereocenters. The highest BCUT2D eigenvalue weighted by Crippen LogP contribution is 2.25. The molecule has 0 amide bonds. The molecule has 182 valence electrons. The van der Waals surface area contributed by atoms with Crippen LogP contribution >= 0.6 is 0 Å². The average Bonchev–Trinajstić information content (AvgIpc) is 3.29. The van der Waals surface area contributed by atoms with Crippen LogP contribution < -0.4 is 5.32 Å². The topological polar surface area (TPSA) is 101 Å². The fraction of sp³-hybridized carbons (Fsp3) is 0.259. The smallest absolute Gasteiger partial charge is 0.294 e. The fourth-order valence-electron chi connectivity index (χ4n) is 4.21. The molecule has 2 N–H and O–H groups in total. The van der Waals surface area contributed by atoms with Crippen molar-refractivity contribution in [1.82, 2.24) is 15.1 Å². The van der Waals surface area contributed by atoms with Crippen LogP contribution in [0.1, 0.15) is 47.2 Å². The van der Waals surface area contributed by atoms with Gasteiger partial charge in [-0.3, -0.25) is 9.35 Å². The van der Waals surface area contributed by atoms with E-state index in [0.29, 0.717) is 11.5 Å². The van der Waals surface area contributed by atoms with Gasteiger partial charge in [0.1, 0.15) is 5.52 Å². The van der Waals surface area contributed by atoms with Gasteiger partial charge in [-0.25, -0.2) is 4.68 Å². The summed E-state index contributed by atoms with van der Waals surface area (Å²) in [6.45, 7) is 5.62. The molecule has 1 aromatic heterocycles. The van der Waals surface area contributed by atoms with Crippen molar-refractivity contribution in [2.24, 2.45) is 0 Å². The van der Waals surface area contributed by atoms with Crippen LogP contribution in [-0.2, 0) is 10.1 Å². The van der Waals surface area contributed by atoms with Crippen molar-refractivity contribution in [3.63, 3.8) is 0 Å². The molecule has 8 heteroatoms. The Bertz CT molecular complexity index is 1420. The van der Waals surface area contributed by atoms with Crippen LogP contribution in [0.25, 0.3) is 16.6 Å². The lowest BCUT2D eigenvalue weighted by Gasteiger charge is -2.23. The maximum atomic E-state index is 11.8. The number of nitrogens with one attached hydrogen (secondary N) is 1. The highest BCUT2D eigenvalue weighted by Gasteiger charge is 2.15. The largest absolute Gasteiger partial charge is 0.316 e. The van der Waals surface area contributed by atoms with E-state index < -0.39 is 10.1 Å². The summed E-state index contributed by atoms with van der Waals surface area (Å²) in [7, 11) is -4.02. The molecule has 1 saturated heterocycles. The van der Waals surface area contributed by atoms with Gasteiger partial charge in [-0.2, -0.15) is 13.5 Å². The van der Waals surface area contributed by atoms with Crippen molar-refractivity contribution in [3.05, 3.63) is 89.6 Å². The summed E-state index contributed by atoms with van der Waals surface area (Å²) in [5.74, 6) is 0.653. The molecular weight excluding hydrogens is 462 g/mol. The van der Waals surface area contributed by atoms with E-state index in [1.165, 1.54) is 30.5 Å². The first-order chi connectivity index (χ1) is 16.7. The van der Waals surface area contributed by atoms with Gasteiger partial charge in [0.15, 0.2) is 5.78 Å².